The first kappa shape index (κ1) is 33.5. The Morgan fingerprint density at radius 3 is 2.17 bits per heavy atom. The van der Waals surface area contributed by atoms with Crippen molar-refractivity contribution >= 4 is 39.4 Å². The molecule has 3 N–H and O–H groups in total. The van der Waals surface area contributed by atoms with E-state index in [4.69, 9.17) is 14.6 Å². The number of aromatic nitrogens is 3. The first-order chi connectivity index (χ1) is 22.2. The normalized spacial score (nSPS) is 15.4. The Bertz CT molecular complexity index is 1880. The van der Waals surface area contributed by atoms with Gasteiger partial charge in [0.15, 0.2) is 0 Å². The number of nitrogens with zero attached hydrogens (tertiary/aromatic N) is 5. The van der Waals surface area contributed by atoms with Crippen molar-refractivity contribution < 1.29 is 27.0 Å². The number of aryl methyl sites for hydroxylation is 2. The van der Waals surface area contributed by atoms with Crippen molar-refractivity contribution in [3.8, 4) is 5.69 Å². The van der Waals surface area contributed by atoms with Gasteiger partial charge in [0.2, 0.25) is 0 Å². The minimum Gasteiger partial charge on any atom is -0.353 e. The van der Waals surface area contributed by atoms with E-state index in [9.17, 15) is 22.4 Å². The summed E-state index contributed by atoms with van der Waals surface area (Å²) >= 11 is 0. The molecule has 12 nitrogen and oxygen atoms in total. The zero-order valence-electron chi connectivity index (χ0n) is 26.7. The minimum absolute atomic E-state index is 0.0513. The molecule has 47 heavy (non-hydrogen) atoms. The number of nitrogens with one attached hydrogen (secondary N) is 2. The largest absolute Gasteiger partial charge is 0.353 e. The van der Waals surface area contributed by atoms with E-state index < -0.39 is 15.9 Å². The Kier molecular flexibility index (Phi) is 9.63. The summed E-state index contributed by atoms with van der Waals surface area (Å²) in [5.74, 6) is 0.553. The van der Waals surface area contributed by atoms with Crippen LogP contribution in [-0.2, 0) is 15.5 Å². The van der Waals surface area contributed by atoms with Gasteiger partial charge in [-0.15, -0.1) is 0 Å². The molecule has 6 rings (SSSR count). The Labute approximate surface area is 273 Å². The maximum absolute atomic E-state index is 14.1. The lowest BCUT2D eigenvalue weighted by Crippen LogP contribution is -2.49. The van der Waals surface area contributed by atoms with Crippen LogP contribution >= 0.6 is 0 Å². The molecule has 1 aliphatic heterocycles. The third-order valence-electron chi connectivity index (χ3n) is 8.16. The molecular formula is C33H38FN7O5S. The molecule has 1 saturated heterocycles. The highest BCUT2D eigenvalue weighted by molar-refractivity contribution is 7.85. The summed E-state index contributed by atoms with van der Waals surface area (Å²) in [7, 11) is -3.67. The van der Waals surface area contributed by atoms with Gasteiger partial charge >= 0.3 is 6.03 Å². The number of amides is 3. The van der Waals surface area contributed by atoms with Gasteiger partial charge in [0.1, 0.15) is 17.5 Å². The van der Waals surface area contributed by atoms with Crippen LogP contribution in [0.15, 0.2) is 66.7 Å². The number of pyridine rings is 1. The van der Waals surface area contributed by atoms with E-state index in [0.717, 1.165) is 35.6 Å². The van der Waals surface area contributed by atoms with Gasteiger partial charge < -0.3 is 15.1 Å². The van der Waals surface area contributed by atoms with Crippen LogP contribution in [0.2, 0.25) is 0 Å². The summed E-state index contributed by atoms with van der Waals surface area (Å²) in [6.07, 6.45) is 2.88. The quantitative estimate of drug-likeness (QED) is 0.239. The molecule has 3 heterocycles. The van der Waals surface area contributed by atoms with Gasteiger partial charge in [-0.3, -0.25) is 14.7 Å². The van der Waals surface area contributed by atoms with Crippen molar-refractivity contribution in [1.29, 1.82) is 0 Å². The number of hydrogen-bond donors (Lipinski definition) is 3. The van der Waals surface area contributed by atoms with E-state index in [1.165, 1.54) is 12.1 Å². The second-order valence-corrected chi connectivity index (χ2v) is 13.6. The van der Waals surface area contributed by atoms with E-state index in [0.29, 0.717) is 49.6 Å². The van der Waals surface area contributed by atoms with Gasteiger partial charge in [0.25, 0.3) is 16.0 Å². The van der Waals surface area contributed by atoms with Crippen molar-refractivity contribution in [2.75, 3.05) is 48.0 Å². The number of piperazine rings is 1. The standard InChI is InChI=1S/C32H34FN7O2.CH4O3S/c1-21-8-10-23(11-9-21)40-29(20-27(37-40)32(3)14-15-32)36-31(42)35-26-12-13-28(34-22(26)2)38-16-18-39(19-17-38)30(41)24-6-4-5-7-25(24)33;1-5(2,3)4/h4-13,20H,14-19H2,1-3H3,(H2,35,36,42);1H3,(H,2,3,4). The average molecular weight is 664 g/mol. The smallest absolute Gasteiger partial charge is 0.324 e. The fourth-order valence-electron chi connectivity index (χ4n) is 5.16. The van der Waals surface area contributed by atoms with Crippen molar-refractivity contribution in [2.24, 2.45) is 0 Å². The summed E-state index contributed by atoms with van der Waals surface area (Å²) in [5.41, 5.74) is 4.41. The molecule has 1 aliphatic carbocycles. The Balaban J connectivity index is 0.000000807. The lowest BCUT2D eigenvalue weighted by Gasteiger charge is -2.35. The molecule has 248 valence electrons. The SMILES string of the molecule is CS(=O)(=O)O.Cc1ccc(-n2nc(C3(C)CC3)cc2NC(=O)Nc2ccc(N3CCN(C(=O)c4ccccc4F)CC3)nc2C)cc1. The lowest BCUT2D eigenvalue weighted by atomic mass is 10.1. The van der Waals surface area contributed by atoms with E-state index in [-0.39, 0.29) is 22.9 Å². The van der Waals surface area contributed by atoms with Crippen LogP contribution < -0.4 is 15.5 Å². The monoisotopic (exact) mass is 663 g/mol. The number of benzene rings is 2. The molecule has 0 atom stereocenters. The van der Waals surface area contributed by atoms with Gasteiger partial charge in [0.05, 0.1) is 34.6 Å². The van der Waals surface area contributed by atoms with Gasteiger partial charge in [-0.25, -0.2) is 18.9 Å². The molecule has 2 aromatic heterocycles. The highest BCUT2D eigenvalue weighted by Crippen LogP contribution is 2.47. The molecule has 4 aromatic rings. The van der Waals surface area contributed by atoms with E-state index >= 15 is 0 Å². The number of carbonyl (C=O) groups excluding carboxylic acids is 2. The summed E-state index contributed by atoms with van der Waals surface area (Å²) in [4.78, 5) is 34.3. The van der Waals surface area contributed by atoms with Gasteiger partial charge in [-0.05, 0) is 63.1 Å². The zero-order valence-corrected chi connectivity index (χ0v) is 27.5. The van der Waals surface area contributed by atoms with Crippen LogP contribution in [0.5, 0.6) is 0 Å². The molecular weight excluding hydrogens is 625 g/mol. The van der Waals surface area contributed by atoms with Crippen molar-refractivity contribution in [2.45, 2.75) is 39.0 Å². The molecule has 2 fully saturated rings. The second-order valence-electron chi connectivity index (χ2n) is 12.1. The summed E-state index contributed by atoms with van der Waals surface area (Å²) < 4.78 is 41.7. The molecule has 2 aliphatic rings. The minimum atomic E-state index is -3.67. The number of anilines is 3. The molecule has 3 amide bonds. The molecule has 14 heteroatoms. The number of halogens is 1. The van der Waals surface area contributed by atoms with Gasteiger partial charge in [-0.2, -0.15) is 13.5 Å². The van der Waals surface area contributed by atoms with E-state index in [2.05, 4.69) is 22.5 Å². The van der Waals surface area contributed by atoms with Crippen LogP contribution in [0.3, 0.4) is 0 Å². The number of urea groups is 1. The highest BCUT2D eigenvalue weighted by atomic mass is 32.2. The van der Waals surface area contributed by atoms with Crippen LogP contribution in [-0.4, -0.2) is 77.0 Å². The van der Waals surface area contributed by atoms with Crippen molar-refractivity contribution in [3.05, 3.63) is 95.1 Å². The third-order valence-corrected chi connectivity index (χ3v) is 8.16. The van der Waals surface area contributed by atoms with E-state index in [1.54, 1.807) is 21.7 Å². The molecule has 0 bridgehead atoms. The van der Waals surface area contributed by atoms with Crippen molar-refractivity contribution in [1.82, 2.24) is 19.7 Å². The topological polar surface area (TPSA) is 150 Å². The number of hydrogen-bond acceptors (Lipinski definition) is 7. The molecule has 1 saturated carbocycles. The van der Waals surface area contributed by atoms with Crippen molar-refractivity contribution in [3.63, 3.8) is 0 Å². The van der Waals surface area contributed by atoms with Crippen LogP contribution in [0.25, 0.3) is 5.69 Å². The number of rotatable bonds is 6. The Morgan fingerprint density at radius 2 is 1.57 bits per heavy atom. The molecule has 2 aromatic carbocycles. The summed E-state index contributed by atoms with van der Waals surface area (Å²) in [5, 5.41) is 10.7. The molecule has 0 unspecified atom stereocenters. The fourth-order valence-corrected chi connectivity index (χ4v) is 5.16. The third kappa shape index (κ3) is 8.51. The second kappa shape index (κ2) is 13.5. The van der Waals surface area contributed by atoms with E-state index in [1.807, 2.05) is 56.3 Å². The summed E-state index contributed by atoms with van der Waals surface area (Å²) in [6, 6.07) is 19.4. The summed E-state index contributed by atoms with van der Waals surface area (Å²) in [6.45, 7) is 8.15. The number of carbonyl (C=O) groups is 2. The molecule has 0 spiro atoms. The zero-order chi connectivity index (χ0) is 33.9. The van der Waals surface area contributed by atoms with Crippen LogP contribution in [0, 0.1) is 19.7 Å². The predicted octanol–water partition coefficient (Wildman–Crippen LogP) is 5.19. The van der Waals surface area contributed by atoms with Gasteiger partial charge in [0, 0.05) is 37.7 Å². The maximum Gasteiger partial charge on any atom is 0.324 e. The Morgan fingerprint density at radius 1 is 0.936 bits per heavy atom. The maximum atomic E-state index is 14.1. The lowest BCUT2D eigenvalue weighted by molar-refractivity contribution is 0.0741. The molecule has 0 radical (unpaired) electrons. The predicted molar refractivity (Wildman–Crippen MR) is 178 cm³/mol. The average Bonchev–Trinajstić information content (AvgIpc) is 3.63. The first-order valence-corrected chi connectivity index (χ1v) is 17.0. The van der Waals surface area contributed by atoms with Gasteiger partial charge in [-0.1, -0.05) is 36.8 Å². The van der Waals surface area contributed by atoms with Crippen LogP contribution in [0.4, 0.5) is 26.5 Å². The Hall–Kier alpha value is -4.82. The first-order valence-electron chi connectivity index (χ1n) is 15.1. The highest BCUT2D eigenvalue weighted by Gasteiger charge is 2.42. The van der Waals surface area contributed by atoms with Crippen LogP contribution in [0.1, 0.15) is 47.1 Å². The fraction of sp³-hybridized carbons (Fsp3) is 0.333.